The summed E-state index contributed by atoms with van der Waals surface area (Å²) >= 11 is 0. The average Bonchev–Trinajstić information content (AvgIpc) is 2.88. The van der Waals surface area contributed by atoms with Crippen LogP contribution >= 0.6 is 15.8 Å². The first-order valence-electron chi connectivity index (χ1n) is 11.6. The molecule has 0 spiro atoms. The molecule has 0 aliphatic rings. The molecule has 0 heterocycles. The molecule has 0 aliphatic heterocycles. The van der Waals surface area contributed by atoms with Crippen molar-refractivity contribution >= 4 is 37.1 Å². The van der Waals surface area contributed by atoms with Crippen molar-refractivity contribution in [1.29, 1.82) is 0 Å². The maximum Gasteiger partial charge on any atom is -0.0163 e. The predicted molar refractivity (Wildman–Crippen MR) is 147 cm³/mol. The smallest absolute Gasteiger partial charge is 0.0163 e. The minimum atomic E-state index is -0.388. The first-order chi connectivity index (χ1) is 15.8. The van der Waals surface area contributed by atoms with E-state index in [-0.39, 0.29) is 15.8 Å². The Hall–Kier alpha value is -2.26. The third-order valence-corrected chi connectivity index (χ3v) is 11.6. The molecule has 162 valence electrons. The topological polar surface area (TPSA) is 0 Å². The van der Waals surface area contributed by atoms with Gasteiger partial charge in [-0.15, -0.1) is 0 Å². The highest BCUT2D eigenvalue weighted by atomic mass is 31.1. The van der Waals surface area contributed by atoms with Gasteiger partial charge in [0.15, 0.2) is 0 Å². The molecule has 0 N–H and O–H groups in total. The van der Waals surface area contributed by atoms with E-state index in [1.54, 1.807) is 10.6 Å². The quantitative estimate of drug-likeness (QED) is 0.258. The van der Waals surface area contributed by atoms with Gasteiger partial charge in [-0.2, -0.15) is 0 Å². The second kappa shape index (κ2) is 11.6. The molecule has 4 aromatic carbocycles. The van der Waals surface area contributed by atoms with Crippen LogP contribution in [0.15, 0.2) is 109 Å². The Morgan fingerprint density at radius 3 is 1.16 bits per heavy atom. The van der Waals surface area contributed by atoms with Crippen LogP contribution in [0.3, 0.4) is 0 Å². The van der Waals surface area contributed by atoms with Gasteiger partial charge in [0.2, 0.25) is 0 Å². The molecule has 0 unspecified atom stereocenters. The molecule has 0 aromatic heterocycles. The van der Waals surface area contributed by atoms with Crippen LogP contribution in [0.25, 0.3) is 0 Å². The molecule has 0 nitrogen and oxygen atoms in total. The minimum Gasteiger partial charge on any atom is -0.0622 e. The summed E-state index contributed by atoms with van der Waals surface area (Å²) in [5.74, 6) is 0. The van der Waals surface area contributed by atoms with E-state index in [4.69, 9.17) is 0 Å². The number of aryl methyl sites for hydroxylation is 2. The van der Waals surface area contributed by atoms with Crippen molar-refractivity contribution in [3.8, 4) is 0 Å². The van der Waals surface area contributed by atoms with Crippen molar-refractivity contribution in [2.75, 3.05) is 12.3 Å². The molecule has 0 aliphatic carbocycles. The number of hydrogen-bond donors (Lipinski definition) is 0. The summed E-state index contributed by atoms with van der Waals surface area (Å²) in [6.07, 6.45) is 4.62. The average molecular weight is 455 g/mol. The van der Waals surface area contributed by atoms with Crippen LogP contribution in [0, 0.1) is 0 Å². The SMILES string of the molecule is CCc1ccccc1[P@](CC[P@@](c1ccccc1)c1ccccc1CC)c1ccccc1. The molecule has 0 bridgehead atoms. The zero-order valence-corrected chi connectivity index (χ0v) is 20.9. The normalized spacial score (nSPS) is 12.9. The maximum atomic E-state index is 2.38. The standard InChI is InChI=1S/C30H32P2/c1-3-25-15-11-13-21-29(25)31(27-17-7-5-8-18-27)23-24-32(28-19-9-6-10-20-28)30-22-14-12-16-26(30)4-2/h5-22H,3-4,23-24H2,1-2H3/t31-,32+. The molecule has 0 saturated carbocycles. The molecule has 2 atom stereocenters. The summed E-state index contributed by atoms with van der Waals surface area (Å²) in [7, 11) is -0.777. The molecular formula is C30H32P2. The Morgan fingerprint density at radius 2 is 0.781 bits per heavy atom. The number of benzene rings is 4. The largest absolute Gasteiger partial charge is 0.0622 e. The van der Waals surface area contributed by atoms with Crippen LogP contribution in [-0.2, 0) is 12.8 Å². The zero-order valence-electron chi connectivity index (χ0n) is 19.1. The van der Waals surface area contributed by atoms with Crippen molar-refractivity contribution in [3.05, 3.63) is 120 Å². The summed E-state index contributed by atoms with van der Waals surface area (Å²) in [4.78, 5) is 0. The lowest BCUT2D eigenvalue weighted by Crippen LogP contribution is -2.22. The maximum absolute atomic E-state index is 2.38. The molecule has 0 amide bonds. The zero-order chi connectivity index (χ0) is 22.2. The van der Waals surface area contributed by atoms with E-state index in [1.165, 1.54) is 34.1 Å². The highest BCUT2D eigenvalue weighted by Crippen LogP contribution is 2.42. The molecule has 0 fully saturated rings. The number of rotatable bonds is 9. The third kappa shape index (κ3) is 5.38. The Kier molecular flexibility index (Phi) is 8.28. The molecule has 0 saturated heterocycles. The van der Waals surface area contributed by atoms with Gasteiger partial charge in [-0.3, -0.25) is 0 Å². The fourth-order valence-electron chi connectivity index (χ4n) is 4.34. The van der Waals surface area contributed by atoms with Crippen LogP contribution < -0.4 is 21.2 Å². The summed E-state index contributed by atoms with van der Waals surface area (Å²) in [6, 6.07) is 40.6. The fraction of sp³-hybridized carbons (Fsp3) is 0.200. The number of hydrogen-bond acceptors (Lipinski definition) is 0. The van der Waals surface area contributed by atoms with E-state index < -0.39 is 0 Å². The van der Waals surface area contributed by atoms with Crippen molar-refractivity contribution in [2.24, 2.45) is 0 Å². The van der Waals surface area contributed by atoms with E-state index in [1.807, 2.05) is 0 Å². The Balaban J connectivity index is 1.72. The molecule has 4 aromatic rings. The second-order valence-corrected chi connectivity index (χ2v) is 12.5. The first kappa shape index (κ1) is 22.9. The molecule has 0 radical (unpaired) electrons. The van der Waals surface area contributed by atoms with Gasteiger partial charge in [0.1, 0.15) is 0 Å². The predicted octanol–water partition coefficient (Wildman–Crippen LogP) is 6.38. The molecule has 32 heavy (non-hydrogen) atoms. The van der Waals surface area contributed by atoms with Crippen LogP contribution in [0.4, 0.5) is 0 Å². The van der Waals surface area contributed by atoms with Gasteiger partial charge in [-0.25, -0.2) is 0 Å². The fourth-order valence-corrected chi connectivity index (χ4v) is 10.2. The Labute approximate surface area is 196 Å². The van der Waals surface area contributed by atoms with Crippen LogP contribution in [-0.4, -0.2) is 12.3 Å². The summed E-state index contributed by atoms with van der Waals surface area (Å²) in [6.45, 7) is 4.57. The third-order valence-electron chi connectivity index (χ3n) is 6.01. The lowest BCUT2D eigenvalue weighted by atomic mass is 10.2. The second-order valence-electron chi connectivity index (χ2n) is 7.94. The van der Waals surface area contributed by atoms with Crippen LogP contribution in [0.5, 0.6) is 0 Å². The van der Waals surface area contributed by atoms with Crippen molar-refractivity contribution in [1.82, 2.24) is 0 Å². The van der Waals surface area contributed by atoms with Crippen molar-refractivity contribution in [3.63, 3.8) is 0 Å². The van der Waals surface area contributed by atoms with E-state index in [2.05, 4.69) is 123 Å². The van der Waals surface area contributed by atoms with E-state index in [0.29, 0.717) is 0 Å². The van der Waals surface area contributed by atoms with E-state index in [0.717, 1.165) is 12.8 Å². The summed E-state index contributed by atoms with van der Waals surface area (Å²) < 4.78 is 0. The van der Waals surface area contributed by atoms with E-state index >= 15 is 0 Å². The highest BCUT2D eigenvalue weighted by molar-refractivity contribution is 7.76. The molecule has 4 rings (SSSR count). The van der Waals surface area contributed by atoms with Gasteiger partial charge < -0.3 is 0 Å². The van der Waals surface area contributed by atoms with Gasteiger partial charge in [-0.1, -0.05) is 123 Å². The van der Waals surface area contributed by atoms with Gasteiger partial charge in [0.05, 0.1) is 0 Å². The monoisotopic (exact) mass is 454 g/mol. The lowest BCUT2D eigenvalue weighted by Gasteiger charge is -2.26. The lowest BCUT2D eigenvalue weighted by molar-refractivity contribution is 1.15. The minimum absolute atomic E-state index is 0.388. The molecule has 2 heteroatoms. The van der Waals surface area contributed by atoms with Crippen LogP contribution in [0.2, 0.25) is 0 Å². The van der Waals surface area contributed by atoms with Gasteiger partial charge in [0.25, 0.3) is 0 Å². The van der Waals surface area contributed by atoms with Gasteiger partial charge in [-0.05, 0) is 73.4 Å². The van der Waals surface area contributed by atoms with Crippen molar-refractivity contribution in [2.45, 2.75) is 26.7 Å². The van der Waals surface area contributed by atoms with Gasteiger partial charge >= 0.3 is 0 Å². The summed E-state index contributed by atoms with van der Waals surface area (Å²) in [5.41, 5.74) is 3.00. The van der Waals surface area contributed by atoms with Crippen LogP contribution in [0.1, 0.15) is 25.0 Å². The van der Waals surface area contributed by atoms with E-state index in [9.17, 15) is 0 Å². The van der Waals surface area contributed by atoms with Gasteiger partial charge in [0, 0.05) is 0 Å². The summed E-state index contributed by atoms with van der Waals surface area (Å²) in [5, 5.41) is 6.11. The highest BCUT2D eigenvalue weighted by Gasteiger charge is 2.21. The Morgan fingerprint density at radius 1 is 0.438 bits per heavy atom. The molecular weight excluding hydrogens is 422 g/mol. The van der Waals surface area contributed by atoms with Crippen molar-refractivity contribution < 1.29 is 0 Å². The Bertz CT molecular complexity index is 1010. The first-order valence-corrected chi connectivity index (χ1v) is 14.7.